The van der Waals surface area contributed by atoms with Gasteiger partial charge in [0.05, 0.1) is 5.39 Å². The van der Waals surface area contributed by atoms with Crippen LogP contribution in [-0.4, -0.2) is 12.5 Å². The van der Waals surface area contributed by atoms with E-state index in [1.54, 1.807) is 12.1 Å². The summed E-state index contributed by atoms with van der Waals surface area (Å²) in [6.45, 7) is 2.59. The number of benzene rings is 1. The molecule has 0 atom stereocenters. The van der Waals surface area contributed by atoms with Crippen LogP contribution in [-0.2, 0) is 0 Å². The molecule has 1 aliphatic carbocycles. The number of amides is 1. The molecule has 1 aromatic carbocycles. The van der Waals surface area contributed by atoms with E-state index in [0.29, 0.717) is 23.4 Å². The van der Waals surface area contributed by atoms with Gasteiger partial charge >= 0.3 is 0 Å². The third-order valence-corrected chi connectivity index (χ3v) is 4.38. The highest BCUT2D eigenvalue weighted by atomic mass is 16.3. The largest absolute Gasteiger partial charge is 0.451 e. The molecule has 1 fully saturated rings. The van der Waals surface area contributed by atoms with Gasteiger partial charge in [-0.2, -0.15) is 0 Å². The van der Waals surface area contributed by atoms with E-state index in [1.165, 1.54) is 38.2 Å². The van der Waals surface area contributed by atoms with E-state index in [9.17, 15) is 9.59 Å². The molecule has 3 rings (SSSR count). The lowest BCUT2D eigenvalue weighted by Crippen LogP contribution is -2.30. The van der Waals surface area contributed by atoms with Crippen molar-refractivity contribution in [2.75, 3.05) is 6.54 Å². The van der Waals surface area contributed by atoms with Gasteiger partial charge in [0.15, 0.2) is 11.2 Å². The highest BCUT2D eigenvalue weighted by Crippen LogP contribution is 2.23. The van der Waals surface area contributed by atoms with Crippen LogP contribution in [0.4, 0.5) is 0 Å². The molecule has 1 aromatic heterocycles. The van der Waals surface area contributed by atoms with Crippen molar-refractivity contribution in [3.05, 3.63) is 45.8 Å². The molecule has 0 saturated heterocycles. The molecular weight excluding hydrogens is 278 g/mol. The highest BCUT2D eigenvalue weighted by Gasteiger charge is 2.17. The summed E-state index contributed by atoms with van der Waals surface area (Å²) in [5, 5.41) is 3.41. The Morgan fingerprint density at radius 3 is 2.77 bits per heavy atom. The average molecular weight is 299 g/mol. The van der Waals surface area contributed by atoms with Crippen LogP contribution in [0.25, 0.3) is 11.0 Å². The average Bonchev–Trinajstić information content (AvgIpc) is 2.53. The van der Waals surface area contributed by atoms with Crippen molar-refractivity contribution >= 4 is 16.9 Å². The molecule has 0 bridgehead atoms. The highest BCUT2D eigenvalue weighted by molar-refractivity contribution is 5.93. The summed E-state index contributed by atoms with van der Waals surface area (Å²) in [6, 6.07) is 6.67. The van der Waals surface area contributed by atoms with Crippen LogP contribution >= 0.6 is 0 Å². The maximum atomic E-state index is 12.2. The van der Waals surface area contributed by atoms with Crippen LogP contribution in [0, 0.1) is 12.8 Å². The number of hydrogen-bond acceptors (Lipinski definition) is 3. The van der Waals surface area contributed by atoms with Crippen molar-refractivity contribution in [1.82, 2.24) is 5.32 Å². The molecule has 0 spiro atoms. The Morgan fingerprint density at radius 1 is 1.23 bits per heavy atom. The quantitative estimate of drug-likeness (QED) is 0.944. The Kier molecular flexibility index (Phi) is 4.27. The molecule has 0 aliphatic heterocycles. The Morgan fingerprint density at radius 2 is 2.00 bits per heavy atom. The minimum absolute atomic E-state index is 0.0962. The van der Waals surface area contributed by atoms with Gasteiger partial charge in [-0.25, -0.2) is 0 Å². The predicted octanol–water partition coefficient (Wildman–Crippen LogP) is 3.41. The third-order valence-electron chi connectivity index (χ3n) is 4.38. The van der Waals surface area contributed by atoms with Crippen molar-refractivity contribution in [2.24, 2.45) is 5.92 Å². The predicted molar refractivity (Wildman–Crippen MR) is 86.1 cm³/mol. The fourth-order valence-corrected chi connectivity index (χ4v) is 3.09. The van der Waals surface area contributed by atoms with Crippen LogP contribution in [0.2, 0.25) is 0 Å². The van der Waals surface area contributed by atoms with Gasteiger partial charge in [-0.05, 0) is 43.4 Å². The molecule has 0 radical (unpaired) electrons. The maximum Gasteiger partial charge on any atom is 0.287 e. The fourth-order valence-electron chi connectivity index (χ4n) is 3.09. The van der Waals surface area contributed by atoms with Crippen molar-refractivity contribution < 1.29 is 9.21 Å². The van der Waals surface area contributed by atoms with E-state index in [0.717, 1.165) is 5.56 Å². The molecule has 116 valence electrons. The van der Waals surface area contributed by atoms with E-state index in [-0.39, 0.29) is 17.1 Å². The molecule has 22 heavy (non-hydrogen) atoms. The summed E-state index contributed by atoms with van der Waals surface area (Å²) in [7, 11) is 0. The number of fused-ring (bicyclic) bond motifs is 1. The lowest BCUT2D eigenvalue weighted by atomic mass is 9.89. The van der Waals surface area contributed by atoms with E-state index < -0.39 is 0 Å². The summed E-state index contributed by atoms with van der Waals surface area (Å²) < 4.78 is 5.61. The maximum absolute atomic E-state index is 12.2. The first-order valence-electron chi connectivity index (χ1n) is 7.96. The Bertz CT molecular complexity index is 742. The van der Waals surface area contributed by atoms with Crippen LogP contribution in [0.5, 0.6) is 0 Å². The van der Waals surface area contributed by atoms with Crippen LogP contribution in [0.1, 0.15) is 48.2 Å². The molecule has 2 aromatic rings. The summed E-state index contributed by atoms with van der Waals surface area (Å²) in [6.07, 6.45) is 6.11. The molecule has 4 nitrogen and oxygen atoms in total. The van der Waals surface area contributed by atoms with Crippen molar-refractivity contribution in [3.63, 3.8) is 0 Å². The van der Waals surface area contributed by atoms with Crippen LogP contribution in [0.3, 0.4) is 0 Å². The molecular formula is C18H21NO3. The van der Waals surface area contributed by atoms with E-state index in [4.69, 9.17) is 4.42 Å². The van der Waals surface area contributed by atoms with Crippen molar-refractivity contribution in [1.29, 1.82) is 0 Å². The van der Waals surface area contributed by atoms with Crippen LogP contribution < -0.4 is 10.7 Å². The third kappa shape index (κ3) is 3.21. The first-order chi connectivity index (χ1) is 10.6. The van der Waals surface area contributed by atoms with Gasteiger partial charge in [0, 0.05) is 12.6 Å². The van der Waals surface area contributed by atoms with Crippen molar-refractivity contribution in [3.8, 4) is 0 Å². The first-order valence-corrected chi connectivity index (χ1v) is 7.96. The number of aryl methyl sites for hydroxylation is 1. The van der Waals surface area contributed by atoms with Gasteiger partial charge in [0.2, 0.25) is 0 Å². The second-order valence-electron chi connectivity index (χ2n) is 6.19. The minimum Gasteiger partial charge on any atom is -0.451 e. The van der Waals surface area contributed by atoms with Gasteiger partial charge in [-0.15, -0.1) is 0 Å². The standard InChI is InChI=1S/C18H21NO3/c1-12-7-8-14-15(20)10-17(22-16(14)9-12)18(21)19-11-13-5-3-2-4-6-13/h7-10,13H,2-6,11H2,1H3,(H,19,21). The van der Waals surface area contributed by atoms with E-state index >= 15 is 0 Å². The van der Waals surface area contributed by atoms with Crippen molar-refractivity contribution in [2.45, 2.75) is 39.0 Å². The summed E-state index contributed by atoms with van der Waals surface area (Å²) >= 11 is 0. The number of hydrogen-bond donors (Lipinski definition) is 1. The molecule has 1 aliphatic rings. The number of rotatable bonds is 3. The molecule has 1 N–H and O–H groups in total. The molecule has 1 amide bonds. The molecule has 1 heterocycles. The Hall–Kier alpha value is -2.10. The zero-order chi connectivity index (χ0) is 15.5. The Labute approximate surface area is 129 Å². The first kappa shape index (κ1) is 14.8. The van der Waals surface area contributed by atoms with Gasteiger partial charge in [-0.1, -0.05) is 25.3 Å². The van der Waals surface area contributed by atoms with Gasteiger partial charge in [0.25, 0.3) is 5.91 Å². The number of carbonyl (C=O) groups is 1. The van der Waals surface area contributed by atoms with Gasteiger partial charge in [-0.3, -0.25) is 9.59 Å². The molecule has 0 unspecified atom stereocenters. The normalized spacial score (nSPS) is 15.9. The zero-order valence-corrected chi connectivity index (χ0v) is 12.9. The summed E-state index contributed by atoms with van der Waals surface area (Å²) in [5.74, 6) is 0.345. The zero-order valence-electron chi connectivity index (χ0n) is 12.9. The summed E-state index contributed by atoms with van der Waals surface area (Å²) in [5.41, 5.74) is 1.29. The lowest BCUT2D eigenvalue weighted by Gasteiger charge is -2.21. The number of carbonyl (C=O) groups excluding carboxylic acids is 1. The molecule has 4 heteroatoms. The minimum atomic E-state index is -0.300. The second kappa shape index (κ2) is 6.34. The lowest BCUT2D eigenvalue weighted by molar-refractivity contribution is 0.0916. The van der Waals surface area contributed by atoms with E-state index in [2.05, 4.69) is 5.32 Å². The van der Waals surface area contributed by atoms with Gasteiger partial charge < -0.3 is 9.73 Å². The monoisotopic (exact) mass is 299 g/mol. The van der Waals surface area contributed by atoms with Crippen LogP contribution in [0.15, 0.2) is 33.5 Å². The topological polar surface area (TPSA) is 59.3 Å². The fraction of sp³-hybridized carbons (Fsp3) is 0.444. The molecule has 1 saturated carbocycles. The van der Waals surface area contributed by atoms with E-state index in [1.807, 2.05) is 13.0 Å². The smallest absolute Gasteiger partial charge is 0.287 e. The Balaban J connectivity index is 1.77. The van der Waals surface area contributed by atoms with Gasteiger partial charge in [0.1, 0.15) is 5.58 Å². The summed E-state index contributed by atoms with van der Waals surface area (Å²) in [4.78, 5) is 24.3. The SMILES string of the molecule is Cc1ccc2c(=O)cc(C(=O)NCC3CCCCC3)oc2c1. The second-order valence-corrected chi connectivity index (χ2v) is 6.19. The number of nitrogens with one attached hydrogen (secondary N) is 1.